The Labute approximate surface area is 125 Å². The fourth-order valence-electron chi connectivity index (χ4n) is 1.75. The van der Waals surface area contributed by atoms with Crippen LogP contribution in [0.15, 0.2) is 4.99 Å². The smallest absolute Gasteiger partial charge is 0.191 e. The van der Waals surface area contributed by atoms with Crippen LogP contribution in [0.25, 0.3) is 0 Å². The highest BCUT2D eigenvalue weighted by molar-refractivity contribution is 5.79. The second-order valence-electron chi connectivity index (χ2n) is 5.52. The van der Waals surface area contributed by atoms with E-state index < -0.39 is 0 Å². The molecule has 2 N–H and O–H groups in total. The Kier molecular flexibility index (Phi) is 10.5. The quantitative estimate of drug-likeness (QED) is 0.474. The van der Waals surface area contributed by atoms with E-state index in [4.69, 9.17) is 4.74 Å². The topological polar surface area (TPSA) is 48.9 Å². The van der Waals surface area contributed by atoms with Crippen molar-refractivity contribution in [1.82, 2.24) is 15.5 Å². The molecule has 0 radical (unpaired) electrons. The summed E-state index contributed by atoms with van der Waals surface area (Å²) in [5.74, 6) is 0.866. The number of rotatable bonds is 10. The molecule has 0 atom stereocenters. The number of hydrogen-bond donors (Lipinski definition) is 2. The third-order valence-corrected chi connectivity index (χ3v) is 3.22. The fraction of sp³-hybridized carbons (Fsp3) is 0.933. The monoisotopic (exact) mass is 286 g/mol. The molecular weight excluding hydrogens is 252 g/mol. The number of nitrogens with one attached hydrogen (secondary N) is 2. The van der Waals surface area contributed by atoms with Gasteiger partial charge in [-0.05, 0) is 40.3 Å². The molecule has 0 saturated carbocycles. The normalized spacial score (nSPS) is 12.8. The van der Waals surface area contributed by atoms with E-state index in [0.717, 1.165) is 38.7 Å². The summed E-state index contributed by atoms with van der Waals surface area (Å²) < 4.78 is 5.39. The second-order valence-corrected chi connectivity index (χ2v) is 5.52. The van der Waals surface area contributed by atoms with Crippen LogP contribution in [0, 0.1) is 0 Å². The summed E-state index contributed by atoms with van der Waals surface area (Å²) in [6.45, 7) is 16.3. The van der Waals surface area contributed by atoms with Crippen molar-refractivity contribution in [3.8, 4) is 0 Å². The van der Waals surface area contributed by atoms with E-state index in [1.54, 1.807) is 7.11 Å². The zero-order valence-electron chi connectivity index (χ0n) is 14.3. The zero-order chi connectivity index (χ0) is 15.4. The summed E-state index contributed by atoms with van der Waals surface area (Å²) in [7, 11) is 1.72. The largest absolute Gasteiger partial charge is 0.377 e. The van der Waals surface area contributed by atoms with Crippen molar-refractivity contribution < 1.29 is 4.74 Å². The van der Waals surface area contributed by atoms with Crippen molar-refractivity contribution in [2.75, 3.05) is 46.4 Å². The van der Waals surface area contributed by atoms with Crippen molar-refractivity contribution in [2.45, 2.75) is 46.6 Å². The van der Waals surface area contributed by atoms with Crippen LogP contribution in [0.2, 0.25) is 0 Å². The van der Waals surface area contributed by atoms with Gasteiger partial charge >= 0.3 is 0 Å². The number of methoxy groups -OCH3 is 1. The third kappa shape index (κ3) is 9.15. The lowest BCUT2D eigenvalue weighted by Crippen LogP contribution is -2.42. The third-order valence-electron chi connectivity index (χ3n) is 3.22. The SMILES string of the molecule is CCCN(CC)CCNC(=NCC(C)(C)OC)NCC. The van der Waals surface area contributed by atoms with Crippen LogP contribution in [0.4, 0.5) is 0 Å². The van der Waals surface area contributed by atoms with Crippen LogP contribution < -0.4 is 10.6 Å². The van der Waals surface area contributed by atoms with E-state index in [1.165, 1.54) is 6.42 Å². The molecule has 0 bridgehead atoms. The first-order chi connectivity index (χ1) is 9.49. The molecule has 0 aliphatic rings. The van der Waals surface area contributed by atoms with Crippen molar-refractivity contribution in [1.29, 1.82) is 0 Å². The van der Waals surface area contributed by atoms with Crippen LogP contribution >= 0.6 is 0 Å². The summed E-state index contributed by atoms with van der Waals surface area (Å²) in [6, 6.07) is 0. The molecule has 5 heteroatoms. The molecule has 0 unspecified atom stereocenters. The molecule has 0 aromatic heterocycles. The Balaban J connectivity index is 4.23. The molecule has 0 rings (SSSR count). The molecule has 0 spiro atoms. The van der Waals surface area contributed by atoms with Gasteiger partial charge in [0.1, 0.15) is 0 Å². The molecule has 5 nitrogen and oxygen atoms in total. The minimum Gasteiger partial charge on any atom is -0.377 e. The molecular formula is C15H34N4O. The summed E-state index contributed by atoms with van der Waals surface area (Å²) in [6.07, 6.45) is 1.20. The van der Waals surface area contributed by atoms with E-state index in [-0.39, 0.29) is 5.60 Å². The Morgan fingerprint density at radius 2 is 1.85 bits per heavy atom. The maximum absolute atomic E-state index is 5.39. The van der Waals surface area contributed by atoms with Gasteiger partial charge < -0.3 is 20.3 Å². The lowest BCUT2D eigenvalue weighted by molar-refractivity contribution is 0.0310. The van der Waals surface area contributed by atoms with Gasteiger partial charge in [0, 0.05) is 26.7 Å². The standard InChI is InChI=1S/C15H34N4O/c1-7-11-19(9-3)12-10-17-14(16-8-2)18-13-15(4,5)20-6/h7-13H2,1-6H3,(H2,16,17,18). The summed E-state index contributed by atoms with van der Waals surface area (Å²) in [4.78, 5) is 7.02. The highest BCUT2D eigenvalue weighted by Crippen LogP contribution is 2.06. The van der Waals surface area contributed by atoms with Crippen LogP contribution in [0.3, 0.4) is 0 Å². The molecule has 0 aromatic rings. The average molecular weight is 286 g/mol. The predicted molar refractivity (Wildman–Crippen MR) is 87.5 cm³/mol. The van der Waals surface area contributed by atoms with Gasteiger partial charge in [-0.1, -0.05) is 13.8 Å². The minimum absolute atomic E-state index is 0.222. The first-order valence-electron chi connectivity index (χ1n) is 7.78. The zero-order valence-corrected chi connectivity index (χ0v) is 14.3. The van der Waals surface area contributed by atoms with Gasteiger partial charge in [-0.2, -0.15) is 0 Å². The van der Waals surface area contributed by atoms with E-state index >= 15 is 0 Å². The highest BCUT2D eigenvalue weighted by atomic mass is 16.5. The van der Waals surface area contributed by atoms with Crippen LogP contribution in [0.1, 0.15) is 41.0 Å². The van der Waals surface area contributed by atoms with Crippen molar-refractivity contribution in [3.63, 3.8) is 0 Å². The number of aliphatic imine (C=N–C) groups is 1. The average Bonchev–Trinajstić information content (AvgIpc) is 2.43. The Morgan fingerprint density at radius 1 is 1.15 bits per heavy atom. The lowest BCUT2D eigenvalue weighted by atomic mass is 10.1. The molecule has 0 aliphatic carbocycles. The Bertz CT molecular complexity index is 267. The molecule has 0 aromatic carbocycles. The Hall–Kier alpha value is -0.810. The van der Waals surface area contributed by atoms with Gasteiger partial charge in [0.25, 0.3) is 0 Å². The van der Waals surface area contributed by atoms with Crippen molar-refractivity contribution in [2.24, 2.45) is 4.99 Å². The van der Waals surface area contributed by atoms with Gasteiger partial charge in [-0.3, -0.25) is 4.99 Å². The first kappa shape index (κ1) is 19.2. The second kappa shape index (κ2) is 10.9. The predicted octanol–water partition coefficient (Wildman–Crippen LogP) is 1.70. The van der Waals surface area contributed by atoms with Gasteiger partial charge in [-0.15, -0.1) is 0 Å². The number of likely N-dealkylation sites (N-methyl/N-ethyl adjacent to an activating group) is 1. The fourth-order valence-corrected chi connectivity index (χ4v) is 1.75. The highest BCUT2D eigenvalue weighted by Gasteiger charge is 2.15. The van der Waals surface area contributed by atoms with E-state index in [9.17, 15) is 0 Å². The molecule has 0 fully saturated rings. The summed E-state index contributed by atoms with van der Waals surface area (Å²) in [5, 5.41) is 6.65. The van der Waals surface area contributed by atoms with Crippen LogP contribution in [0.5, 0.6) is 0 Å². The maximum atomic E-state index is 5.39. The van der Waals surface area contributed by atoms with Crippen molar-refractivity contribution >= 4 is 5.96 Å². The molecule has 0 heterocycles. The molecule has 20 heavy (non-hydrogen) atoms. The molecule has 0 aliphatic heterocycles. The van der Waals surface area contributed by atoms with Gasteiger partial charge in [0.05, 0.1) is 12.1 Å². The first-order valence-corrected chi connectivity index (χ1v) is 7.78. The molecule has 0 saturated heterocycles. The Morgan fingerprint density at radius 3 is 2.35 bits per heavy atom. The van der Waals surface area contributed by atoms with Crippen LogP contribution in [-0.2, 0) is 4.74 Å². The number of hydrogen-bond acceptors (Lipinski definition) is 3. The van der Waals surface area contributed by atoms with E-state index in [0.29, 0.717) is 6.54 Å². The van der Waals surface area contributed by atoms with Crippen molar-refractivity contribution in [3.05, 3.63) is 0 Å². The maximum Gasteiger partial charge on any atom is 0.191 e. The number of nitrogens with zero attached hydrogens (tertiary/aromatic N) is 2. The lowest BCUT2D eigenvalue weighted by Gasteiger charge is -2.22. The van der Waals surface area contributed by atoms with E-state index in [1.807, 2.05) is 13.8 Å². The molecule has 0 amide bonds. The van der Waals surface area contributed by atoms with E-state index in [2.05, 4.69) is 41.3 Å². The number of guanidine groups is 1. The summed E-state index contributed by atoms with van der Waals surface area (Å²) >= 11 is 0. The minimum atomic E-state index is -0.222. The molecule has 120 valence electrons. The van der Waals surface area contributed by atoms with Gasteiger partial charge in [-0.25, -0.2) is 0 Å². The number of ether oxygens (including phenoxy) is 1. The van der Waals surface area contributed by atoms with Gasteiger partial charge in [0.2, 0.25) is 0 Å². The van der Waals surface area contributed by atoms with Crippen LogP contribution in [-0.4, -0.2) is 62.8 Å². The van der Waals surface area contributed by atoms with Gasteiger partial charge in [0.15, 0.2) is 5.96 Å². The summed E-state index contributed by atoms with van der Waals surface area (Å²) in [5.41, 5.74) is -0.222.